The third kappa shape index (κ3) is 1.52. The summed E-state index contributed by atoms with van der Waals surface area (Å²) in [5, 5.41) is 2.37. The van der Waals surface area contributed by atoms with Crippen molar-refractivity contribution in [2.75, 3.05) is 0 Å². The molecule has 1 aliphatic heterocycles. The lowest BCUT2D eigenvalue weighted by atomic mass is 9.89. The Bertz CT molecular complexity index is 782. The second-order valence-corrected chi connectivity index (χ2v) is 5.21. The molecule has 0 saturated heterocycles. The Kier molecular flexibility index (Phi) is 2.43. The normalized spacial score (nSPS) is 21.1. The fraction of sp³-hybridized carbons (Fsp3) is 0.111. The zero-order valence-corrected chi connectivity index (χ0v) is 11.0. The SMILES string of the molecule is NC1(c2ccccc2)OCc2ccc3ccccc3c21. The van der Waals surface area contributed by atoms with Gasteiger partial charge in [-0.05, 0) is 16.3 Å². The summed E-state index contributed by atoms with van der Waals surface area (Å²) in [5.41, 5.74) is 9.06. The molecule has 4 rings (SSSR count). The van der Waals surface area contributed by atoms with Gasteiger partial charge in [-0.15, -0.1) is 0 Å². The van der Waals surface area contributed by atoms with Crippen molar-refractivity contribution in [2.45, 2.75) is 12.3 Å². The highest BCUT2D eigenvalue weighted by atomic mass is 16.5. The number of hydrogen-bond donors (Lipinski definition) is 1. The van der Waals surface area contributed by atoms with Crippen LogP contribution in [0.1, 0.15) is 16.7 Å². The van der Waals surface area contributed by atoms with Crippen LogP contribution in [-0.2, 0) is 17.1 Å². The van der Waals surface area contributed by atoms with Gasteiger partial charge in [0.15, 0.2) is 5.72 Å². The molecule has 1 aliphatic rings. The maximum absolute atomic E-state index is 6.64. The van der Waals surface area contributed by atoms with Crippen molar-refractivity contribution in [1.82, 2.24) is 0 Å². The number of rotatable bonds is 1. The van der Waals surface area contributed by atoms with Gasteiger partial charge < -0.3 is 4.74 Å². The Labute approximate surface area is 117 Å². The van der Waals surface area contributed by atoms with Gasteiger partial charge in [-0.3, -0.25) is 5.73 Å². The van der Waals surface area contributed by atoms with Gasteiger partial charge >= 0.3 is 0 Å². The molecule has 0 spiro atoms. The second-order valence-electron chi connectivity index (χ2n) is 5.21. The van der Waals surface area contributed by atoms with Crippen LogP contribution in [0.4, 0.5) is 0 Å². The fourth-order valence-corrected chi connectivity index (χ4v) is 3.05. The Hall–Kier alpha value is -2.16. The first-order chi connectivity index (χ1) is 9.79. The van der Waals surface area contributed by atoms with Crippen LogP contribution in [-0.4, -0.2) is 0 Å². The minimum absolute atomic E-state index is 0.561. The van der Waals surface area contributed by atoms with Gasteiger partial charge in [0.25, 0.3) is 0 Å². The van der Waals surface area contributed by atoms with Gasteiger partial charge in [0.2, 0.25) is 0 Å². The monoisotopic (exact) mass is 261 g/mol. The Morgan fingerprint density at radius 2 is 1.60 bits per heavy atom. The first-order valence-corrected chi connectivity index (χ1v) is 6.78. The summed E-state index contributed by atoms with van der Waals surface area (Å²) in [7, 11) is 0. The molecule has 0 aliphatic carbocycles. The molecule has 2 N–H and O–H groups in total. The molecule has 1 atom stereocenters. The second kappa shape index (κ2) is 4.17. The molecule has 3 aromatic rings. The van der Waals surface area contributed by atoms with Crippen molar-refractivity contribution in [3.63, 3.8) is 0 Å². The molecule has 0 radical (unpaired) electrons. The maximum atomic E-state index is 6.64. The number of benzene rings is 3. The van der Waals surface area contributed by atoms with Crippen molar-refractivity contribution in [2.24, 2.45) is 5.73 Å². The molecule has 1 unspecified atom stereocenters. The zero-order chi connectivity index (χ0) is 13.6. The molecular weight excluding hydrogens is 246 g/mol. The molecule has 0 bridgehead atoms. The van der Waals surface area contributed by atoms with Gasteiger partial charge in [-0.1, -0.05) is 66.7 Å². The summed E-state index contributed by atoms with van der Waals surface area (Å²) < 4.78 is 5.98. The molecule has 20 heavy (non-hydrogen) atoms. The van der Waals surface area contributed by atoms with Crippen LogP contribution in [0.3, 0.4) is 0 Å². The topological polar surface area (TPSA) is 35.2 Å². The summed E-state index contributed by atoms with van der Waals surface area (Å²) in [6, 6.07) is 22.6. The minimum Gasteiger partial charge on any atom is -0.347 e. The molecule has 0 fully saturated rings. The molecule has 0 saturated carbocycles. The van der Waals surface area contributed by atoms with E-state index in [9.17, 15) is 0 Å². The maximum Gasteiger partial charge on any atom is 0.170 e. The standard InChI is InChI=1S/C18H15NO/c19-18(15-7-2-1-3-8-15)17-14(12-20-18)11-10-13-6-4-5-9-16(13)17/h1-11H,12,19H2. The van der Waals surface area contributed by atoms with Crippen molar-refractivity contribution in [3.8, 4) is 0 Å². The van der Waals surface area contributed by atoms with Crippen molar-refractivity contribution in [3.05, 3.63) is 83.4 Å². The van der Waals surface area contributed by atoms with Crippen LogP contribution < -0.4 is 5.73 Å². The van der Waals surface area contributed by atoms with E-state index in [0.29, 0.717) is 6.61 Å². The highest BCUT2D eigenvalue weighted by Crippen LogP contribution is 2.41. The number of nitrogens with two attached hydrogens (primary N) is 1. The molecule has 1 heterocycles. The van der Waals surface area contributed by atoms with Crippen LogP contribution >= 0.6 is 0 Å². The Morgan fingerprint density at radius 3 is 2.45 bits per heavy atom. The summed E-state index contributed by atoms with van der Waals surface area (Å²) >= 11 is 0. The van der Waals surface area contributed by atoms with E-state index in [1.54, 1.807) is 0 Å². The van der Waals surface area contributed by atoms with Crippen molar-refractivity contribution >= 4 is 10.8 Å². The minimum atomic E-state index is -0.850. The Morgan fingerprint density at radius 1 is 0.850 bits per heavy atom. The van der Waals surface area contributed by atoms with Crippen LogP contribution in [0.25, 0.3) is 10.8 Å². The lowest BCUT2D eigenvalue weighted by molar-refractivity contribution is 0.000508. The summed E-state index contributed by atoms with van der Waals surface area (Å²) in [5.74, 6) is 0. The molecule has 2 heteroatoms. The van der Waals surface area contributed by atoms with Gasteiger partial charge in [-0.25, -0.2) is 0 Å². The Balaban J connectivity index is 2.04. The van der Waals surface area contributed by atoms with Crippen LogP contribution in [0.5, 0.6) is 0 Å². The van der Waals surface area contributed by atoms with E-state index >= 15 is 0 Å². The first-order valence-electron chi connectivity index (χ1n) is 6.78. The summed E-state index contributed by atoms with van der Waals surface area (Å²) in [6.45, 7) is 0.561. The highest BCUT2D eigenvalue weighted by molar-refractivity contribution is 5.88. The van der Waals surface area contributed by atoms with E-state index in [1.807, 2.05) is 42.5 Å². The van der Waals surface area contributed by atoms with Crippen molar-refractivity contribution < 1.29 is 4.74 Å². The molecule has 98 valence electrons. The lowest BCUT2D eigenvalue weighted by Gasteiger charge is -2.26. The van der Waals surface area contributed by atoms with Crippen LogP contribution in [0, 0.1) is 0 Å². The quantitative estimate of drug-likeness (QED) is 0.727. The average molecular weight is 261 g/mol. The predicted octanol–water partition coefficient (Wildman–Crippen LogP) is 3.53. The highest BCUT2D eigenvalue weighted by Gasteiger charge is 2.39. The van der Waals surface area contributed by atoms with E-state index in [2.05, 4.69) is 24.3 Å². The number of hydrogen-bond acceptors (Lipinski definition) is 2. The van der Waals surface area contributed by atoms with Crippen molar-refractivity contribution in [1.29, 1.82) is 0 Å². The fourth-order valence-electron chi connectivity index (χ4n) is 3.05. The van der Waals surface area contributed by atoms with Crippen LogP contribution in [0.2, 0.25) is 0 Å². The van der Waals surface area contributed by atoms with E-state index in [4.69, 9.17) is 10.5 Å². The van der Waals surface area contributed by atoms with Gasteiger partial charge in [0.1, 0.15) is 0 Å². The van der Waals surface area contributed by atoms with E-state index < -0.39 is 5.72 Å². The van der Waals surface area contributed by atoms with Gasteiger partial charge in [0.05, 0.1) is 6.61 Å². The van der Waals surface area contributed by atoms with E-state index in [-0.39, 0.29) is 0 Å². The largest absolute Gasteiger partial charge is 0.347 e. The average Bonchev–Trinajstić information content (AvgIpc) is 2.87. The van der Waals surface area contributed by atoms with Gasteiger partial charge in [0, 0.05) is 11.1 Å². The molecule has 0 amide bonds. The molecule has 0 aromatic heterocycles. The predicted molar refractivity (Wildman–Crippen MR) is 80.1 cm³/mol. The summed E-state index contributed by atoms with van der Waals surface area (Å²) in [4.78, 5) is 0. The third-order valence-corrected chi connectivity index (χ3v) is 4.04. The third-order valence-electron chi connectivity index (χ3n) is 4.04. The lowest BCUT2D eigenvalue weighted by Crippen LogP contribution is -2.37. The molecular formula is C18H15NO. The molecule has 2 nitrogen and oxygen atoms in total. The van der Waals surface area contributed by atoms with Crippen LogP contribution in [0.15, 0.2) is 66.7 Å². The summed E-state index contributed by atoms with van der Waals surface area (Å²) in [6.07, 6.45) is 0. The van der Waals surface area contributed by atoms with Gasteiger partial charge in [-0.2, -0.15) is 0 Å². The first kappa shape index (κ1) is 11.6. The van der Waals surface area contributed by atoms with E-state index in [0.717, 1.165) is 11.1 Å². The number of fused-ring (bicyclic) bond motifs is 3. The van der Waals surface area contributed by atoms with E-state index in [1.165, 1.54) is 16.3 Å². The molecule has 3 aromatic carbocycles. The zero-order valence-electron chi connectivity index (χ0n) is 11.0. The number of ether oxygens (including phenoxy) is 1. The smallest absolute Gasteiger partial charge is 0.170 e.